The lowest BCUT2D eigenvalue weighted by molar-refractivity contribution is -0.135. The van der Waals surface area contributed by atoms with E-state index in [0.29, 0.717) is 6.54 Å². The number of carbonyl (C=O) groups is 1. The van der Waals surface area contributed by atoms with Gasteiger partial charge < -0.3 is 14.2 Å². The third-order valence-corrected chi connectivity index (χ3v) is 3.75. The summed E-state index contributed by atoms with van der Waals surface area (Å²) in [6.45, 7) is 4.42. The van der Waals surface area contributed by atoms with E-state index in [-0.39, 0.29) is 25.0 Å². The Morgan fingerprint density at radius 2 is 2.27 bits per heavy atom. The highest BCUT2D eigenvalue weighted by atomic mass is 16.5. The highest BCUT2D eigenvalue weighted by Gasteiger charge is 2.23. The number of amides is 1. The van der Waals surface area contributed by atoms with Crippen LogP contribution < -0.4 is 11.2 Å². The summed E-state index contributed by atoms with van der Waals surface area (Å²) < 4.78 is 7.06. The number of H-pyrrole nitrogens is 1. The van der Waals surface area contributed by atoms with Gasteiger partial charge in [-0.2, -0.15) is 0 Å². The van der Waals surface area contributed by atoms with Gasteiger partial charge in [0.25, 0.3) is 5.56 Å². The molecule has 1 atom stereocenters. The zero-order valence-corrected chi connectivity index (χ0v) is 12.9. The van der Waals surface area contributed by atoms with Gasteiger partial charge in [-0.15, -0.1) is 0 Å². The molecule has 2 rings (SSSR count). The van der Waals surface area contributed by atoms with Crippen LogP contribution in [-0.2, 0) is 16.1 Å². The number of rotatable bonds is 6. The fraction of sp³-hybridized carbons (Fsp3) is 0.667. The molecule has 0 spiro atoms. The molecule has 0 saturated carbocycles. The first-order valence-corrected chi connectivity index (χ1v) is 7.79. The molecule has 1 aromatic rings. The molecule has 1 saturated heterocycles. The lowest BCUT2D eigenvalue weighted by atomic mass is 10.1. The highest BCUT2D eigenvalue weighted by Crippen LogP contribution is 2.14. The van der Waals surface area contributed by atoms with Crippen LogP contribution >= 0.6 is 0 Å². The Labute approximate surface area is 128 Å². The van der Waals surface area contributed by atoms with Gasteiger partial charge in [0.1, 0.15) is 0 Å². The SMILES string of the molecule is CCCO[C@H]1CCCN(C(=O)CCn2ccc(=O)[nH]c2=O)C1. The van der Waals surface area contributed by atoms with Crippen LogP contribution in [0.5, 0.6) is 0 Å². The van der Waals surface area contributed by atoms with Crippen molar-refractivity contribution in [2.45, 2.75) is 45.3 Å². The number of nitrogens with zero attached hydrogens (tertiary/aromatic N) is 2. The zero-order chi connectivity index (χ0) is 15.9. The van der Waals surface area contributed by atoms with Crippen LogP contribution in [0.25, 0.3) is 0 Å². The van der Waals surface area contributed by atoms with Gasteiger partial charge in [0, 0.05) is 44.9 Å². The average Bonchev–Trinajstić information content (AvgIpc) is 2.52. The van der Waals surface area contributed by atoms with E-state index in [4.69, 9.17) is 4.74 Å². The van der Waals surface area contributed by atoms with E-state index in [1.807, 2.05) is 0 Å². The summed E-state index contributed by atoms with van der Waals surface area (Å²) in [4.78, 5) is 38.8. The van der Waals surface area contributed by atoms with Crippen molar-refractivity contribution in [1.29, 1.82) is 0 Å². The van der Waals surface area contributed by atoms with Crippen molar-refractivity contribution in [3.05, 3.63) is 33.1 Å². The van der Waals surface area contributed by atoms with E-state index < -0.39 is 11.2 Å². The molecule has 0 aromatic carbocycles. The summed E-state index contributed by atoms with van der Waals surface area (Å²) >= 11 is 0. The Morgan fingerprint density at radius 3 is 3.00 bits per heavy atom. The second kappa shape index (κ2) is 7.93. The molecule has 0 aliphatic carbocycles. The Morgan fingerprint density at radius 1 is 1.45 bits per heavy atom. The minimum absolute atomic E-state index is 0.0166. The fourth-order valence-corrected chi connectivity index (χ4v) is 2.58. The molecule has 1 N–H and O–H groups in total. The molecule has 22 heavy (non-hydrogen) atoms. The van der Waals surface area contributed by atoms with Gasteiger partial charge in [0.2, 0.25) is 5.91 Å². The predicted molar refractivity (Wildman–Crippen MR) is 81.8 cm³/mol. The lowest BCUT2D eigenvalue weighted by Gasteiger charge is -2.32. The number of hydrogen-bond acceptors (Lipinski definition) is 4. The van der Waals surface area contributed by atoms with Crippen LogP contribution in [0.4, 0.5) is 0 Å². The highest BCUT2D eigenvalue weighted by molar-refractivity contribution is 5.76. The van der Waals surface area contributed by atoms with Crippen LogP contribution in [0.2, 0.25) is 0 Å². The number of piperidine rings is 1. The van der Waals surface area contributed by atoms with Crippen LogP contribution in [0.3, 0.4) is 0 Å². The van der Waals surface area contributed by atoms with E-state index in [1.165, 1.54) is 16.8 Å². The summed E-state index contributed by atoms with van der Waals surface area (Å²) in [5, 5.41) is 0. The normalized spacial score (nSPS) is 18.4. The largest absolute Gasteiger partial charge is 0.376 e. The molecule has 0 radical (unpaired) electrons. The van der Waals surface area contributed by atoms with Gasteiger partial charge in [0.05, 0.1) is 6.10 Å². The first kappa shape index (κ1) is 16.5. The summed E-state index contributed by atoms with van der Waals surface area (Å²) in [6, 6.07) is 1.28. The summed E-state index contributed by atoms with van der Waals surface area (Å²) in [6.07, 6.45) is 4.68. The minimum atomic E-state index is -0.483. The third-order valence-electron chi connectivity index (χ3n) is 3.75. The monoisotopic (exact) mass is 309 g/mol. The molecule has 7 heteroatoms. The van der Waals surface area contributed by atoms with Gasteiger partial charge in [-0.1, -0.05) is 6.92 Å². The molecule has 0 bridgehead atoms. The van der Waals surface area contributed by atoms with Crippen molar-refractivity contribution in [3.8, 4) is 0 Å². The van der Waals surface area contributed by atoms with Crippen molar-refractivity contribution in [1.82, 2.24) is 14.5 Å². The molecule has 7 nitrogen and oxygen atoms in total. The lowest BCUT2D eigenvalue weighted by Crippen LogP contribution is -2.43. The number of hydrogen-bond donors (Lipinski definition) is 1. The number of aryl methyl sites for hydroxylation is 1. The summed E-state index contributed by atoms with van der Waals surface area (Å²) in [7, 11) is 0. The van der Waals surface area contributed by atoms with Crippen molar-refractivity contribution >= 4 is 5.91 Å². The molecule has 122 valence electrons. The van der Waals surface area contributed by atoms with E-state index in [2.05, 4.69) is 11.9 Å². The number of ether oxygens (including phenoxy) is 1. The maximum atomic E-state index is 12.3. The van der Waals surface area contributed by atoms with Gasteiger partial charge in [-0.05, 0) is 19.3 Å². The van der Waals surface area contributed by atoms with Crippen LogP contribution in [0.15, 0.2) is 21.9 Å². The Hall–Kier alpha value is -1.89. The number of carbonyl (C=O) groups excluding carboxylic acids is 1. The van der Waals surface area contributed by atoms with E-state index in [0.717, 1.165) is 32.4 Å². The fourth-order valence-electron chi connectivity index (χ4n) is 2.58. The number of aromatic nitrogens is 2. The van der Waals surface area contributed by atoms with Gasteiger partial charge in [-0.3, -0.25) is 14.6 Å². The molecule has 2 heterocycles. The van der Waals surface area contributed by atoms with Gasteiger partial charge >= 0.3 is 5.69 Å². The van der Waals surface area contributed by atoms with E-state index in [1.54, 1.807) is 4.90 Å². The van der Waals surface area contributed by atoms with E-state index >= 15 is 0 Å². The Balaban J connectivity index is 1.86. The Kier molecular flexibility index (Phi) is 5.94. The molecular weight excluding hydrogens is 286 g/mol. The third kappa shape index (κ3) is 4.56. The summed E-state index contributed by atoms with van der Waals surface area (Å²) in [5.74, 6) is 0.0166. The standard InChI is InChI=1S/C15H23N3O4/c1-2-10-22-12-4-3-7-18(11-12)14(20)6-9-17-8-5-13(19)16-15(17)21/h5,8,12H,2-4,6-7,9-11H2,1H3,(H,16,19,21)/t12-/m0/s1. The molecule has 1 fully saturated rings. The van der Waals surface area contributed by atoms with Gasteiger partial charge in [0.15, 0.2) is 0 Å². The molecule has 1 amide bonds. The molecular formula is C15H23N3O4. The first-order valence-electron chi connectivity index (χ1n) is 7.79. The second-order valence-corrected chi connectivity index (χ2v) is 5.53. The van der Waals surface area contributed by atoms with Crippen molar-refractivity contribution in [2.75, 3.05) is 19.7 Å². The van der Waals surface area contributed by atoms with Crippen molar-refractivity contribution in [3.63, 3.8) is 0 Å². The van der Waals surface area contributed by atoms with Crippen LogP contribution in [-0.4, -0.2) is 46.2 Å². The van der Waals surface area contributed by atoms with Crippen LogP contribution in [0.1, 0.15) is 32.6 Å². The Bertz CT molecular complexity index is 607. The first-order chi connectivity index (χ1) is 10.6. The smallest absolute Gasteiger partial charge is 0.328 e. The van der Waals surface area contributed by atoms with Crippen LogP contribution in [0, 0.1) is 0 Å². The number of aromatic amines is 1. The number of likely N-dealkylation sites (tertiary alicyclic amines) is 1. The molecule has 1 aromatic heterocycles. The summed E-state index contributed by atoms with van der Waals surface area (Å²) in [5.41, 5.74) is -0.914. The molecule has 1 aliphatic heterocycles. The number of nitrogens with one attached hydrogen (secondary N) is 1. The maximum Gasteiger partial charge on any atom is 0.328 e. The van der Waals surface area contributed by atoms with E-state index in [9.17, 15) is 14.4 Å². The molecule has 1 aliphatic rings. The average molecular weight is 309 g/mol. The van der Waals surface area contributed by atoms with Crippen molar-refractivity contribution in [2.24, 2.45) is 0 Å². The topological polar surface area (TPSA) is 84.4 Å². The van der Waals surface area contributed by atoms with Crippen molar-refractivity contribution < 1.29 is 9.53 Å². The quantitative estimate of drug-likeness (QED) is 0.821. The van der Waals surface area contributed by atoms with Gasteiger partial charge in [-0.25, -0.2) is 4.79 Å². The zero-order valence-electron chi connectivity index (χ0n) is 12.9. The maximum absolute atomic E-state index is 12.3. The predicted octanol–water partition coefficient (Wildman–Crippen LogP) is 0.344. The minimum Gasteiger partial charge on any atom is -0.376 e. The second-order valence-electron chi connectivity index (χ2n) is 5.53. The molecule has 0 unspecified atom stereocenters.